The molecule has 2 aliphatic heterocycles. The Bertz CT molecular complexity index is 836. The molecule has 0 radical (unpaired) electrons. The lowest BCUT2D eigenvalue weighted by molar-refractivity contribution is -0.117. The van der Waals surface area contributed by atoms with E-state index in [1.165, 1.54) is 5.69 Å². The van der Waals surface area contributed by atoms with Gasteiger partial charge < -0.3 is 19.9 Å². The highest BCUT2D eigenvalue weighted by molar-refractivity contribution is 5.94. The molecule has 1 fully saturated rings. The number of pyridine rings is 1. The summed E-state index contributed by atoms with van der Waals surface area (Å²) in [5.41, 5.74) is 4.33. The van der Waals surface area contributed by atoms with E-state index in [9.17, 15) is 4.79 Å². The van der Waals surface area contributed by atoms with Gasteiger partial charge in [0, 0.05) is 61.3 Å². The third kappa shape index (κ3) is 3.44. The molecular formula is C22H28N4O2. The number of rotatable bonds is 3. The van der Waals surface area contributed by atoms with Gasteiger partial charge in [-0.3, -0.25) is 9.78 Å². The van der Waals surface area contributed by atoms with Crippen LogP contribution in [-0.2, 0) is 9.53 Å². The Hall–Kier alpha value is -2.60. The van der Waals surface area contributed by atoms with Gasteiger partial charge in [-0.25, -0.2) is 0 Å². The van der Waals surface area contributed by atoms with Crippen LogP contribution in [0.5, 0.6) is 0 Å². The standard InChI is InChI=1S/C22H28N4O2/c1-15-16(2)26(17(3)27)21-7-6-19(25-9-11-28-12-10-25)13-20(21)22(15)24-18-5-4-8-23-14-18/h4-8,13-16,22,24H,9-12H2,1-3H3. The number of ether oxygens (including phenoxy) is 1. The fraction of sp³-hybridized carbons (Fsp3) is 0.455. The van der Waals surface area contributed by atoms with Crippen LogP contribution in [0.15, 0.2) is 42.7 Å². The molecule has 0 bridgehead atoms. The Labute approximate surface area is 166 Å². The van der Waals surface area contributed by atoms with Crippen LogP contribution in [0.2, 0.25) is 0 Å². The highest BCUT2D eigenvalue weighted by Crippen LogP contribution is 2.44. The largest absolute Gasteiger partial charge is 0.378 e. The van der Waals surface area contributed by atoms with Crippen LogP contribution in [0.3, 0.4) is 0 Å². The quantitative estimate of drug-likeness (QED) is 0.884. The molecule has 4 rings (SSSR count). The van der Waals surface area contributed by atoms with E-state index in [4.69, 9.17) is 4.74 Å². The number of benzene rings is 1. The average molecular weight is 380 g/mol. The maximum absolute atomic E-state index is 12.4. The number of hydrogen-bond acceptors (Lipinski definition) is 5. The molecule has 3 heterocycles. The molecule has 1 amide bonds. The van der Waals surface area contributed by atoms with Crippen LogP contribution in [-0.4, -0.2) is 43.2 Å². The number of amides is 1. The van der Waals surface area contributed by atoms with Crippen LogP contribution in [0, 0.1) is 5.92 Å². The molecule has 2 aliphatic rings. The summed E-state index contributed by atoms with van der Waals surface area (Å²) in [6, 6.07) is 10.7. The number of nitrogens with one attached hydrogen (secondary N) is 1. The zero-order valence-corrected chi connectivity index (χ0v) is 16.8. The number of fused-ring (bicyclic) bond motifs is 1. The van der Waals surface area contributed by atoms with Crippen molar-refractivity contribution in [3.8, 4) is 0 Å². The van der Waals surface area contributed by atoms with Crippen LogP contribution < -0.4 is 15.1 Å². The number of carbonyl (C=O) groups is 1. The van der Waals surface area contributed by atoms with Crippen molar-refractivity contribution in [1.82, 2.24) is 4.98 Å². The highest BCUT2D eigenvalue weighted by atomic mass is 16.5. The smallest absolute Gasteiger partial charge is 0.224 e. The van der Waals surface area contributed by atoms with Gasteiger partial charge >= 0.3 is 0 Å². The van der Waals surface area contributed by atoms with E-state index in [1.807, 2.05) is 23.2 Å². The molecule has 28 heavy (non-hydrogen) atoms. The number of nitrogens with zero attached hydrogens (tertiary/aromatic N) is 3. The first-order valence-corrected chi connectivity index (χ1v) is 9.99. The lowest BCUT2D eigenvalue weighted by atomic mass is 9.82. The van der Waals surface area contributed by atoms with E-state index in [2.05, 4.69) is 47.2 Å². The molecule has 1 aromatic heterocycles. The summed E-state index contributed by atoms with van der Waals surface area (Å²) < 4.78 is 5.50. The molecular weight excluding hydrogens is 352 g/mol. The first-order chi connectivity index (χ1) is 13.6. The summed E-state index contributed by atoms with van der Waals surface area (Å²) in [5, 5.41) is 3.66. The van der Waals surface area contributed by atoms with E-state index in [0.29, 0.717) is 0 Å². The molecule has 0 aliphatic carbocycles. The Kier molecular flexibility index (Phi) is 5.22. The lowest BCUT2D eigenvalue weighted by Gasteiger charge is -2.44. The second kappa shape index (κ2) is 7.80. The van der Waals surface area contributed by atoms with Gasteiger partial charge in [-0.05, 0) is 37.3 Å². The van der Waals surface area contributed by atoms with Crippen LogP contribution in [0.1, 0.15) is 32.4 Å². The minimum Gasteiger partial charge on any atom is -0.378 e. The third-order valence-electron chi connectivity index (χ3n) is 6.00. The summed E-state index contributed by atoms with van der Waals surface area (Å²) in [5.74, 6) is 0.330. The molecule has 1 N–H and O–H groups in total. The maximum atomic E-state index is 12.4. The number of hydrogen-bond donors (Lipinski definition) is 1. The first kappa shape index (κ1) is 18.7. The Morgan fingerprint density at radius 1 is 1.21 bits per heavy atom. The van der Waals surface area contributed by atoms with E-state index >= 15 is 0 Å². The summed E-state index contributed by atoms with van der Waals surface area (Å²) in [4.78, 5) is 21.0. The summed E-state index contributed by atoms with van der Waals surface area (Å²) in [7, 11) is 0. The maximum Gasteiger partial charge on any atom is 0.224 e. The minimum atomic E-state index is 0.0829. The third-order valence-corrected chi connectivity index (χ3v) is 6.00. The number of carbonyl (C=O) groups excluding carboxylic acids is 1. The molecule has 6 nitrogen and oxygen atoms in total. The second-order valence-electron chi connectivity index (χ2n) is 7.69. The molecule has 3 unspecified atom stereocenters. The van der Waals surface area contributed by atoms with E-state index in [0.717, 1.165) is 43.2 Å². The zero-order valence-electron chi connectivity index (χ0n) is 16.8. The van der Waals surface area contributed by atoms with Crippen molar-refractivity contribution < 1.29 is 9.53 Å². The summed E-state index contributed by atoms with van der Waals surface area (Å²) in [6.07, 6.45) is 3.63. The average Bonchev–Trinajstić information content (AvgIpc) is 2.72. The van der Waals surface area contributed by atoms with Crippen molar-refractivity contribution in [2.24, 2.45) is 5.92 Å². The molecule has 2 aromatic rings. The fourth-order valence-electron chi connectivity index (χ4n) is 4.34. The Morgan fingerprint density at radius 3 is 2.68 bits per heavy atom. The van der Waals surface area contributed by atoms with Gasteiger partial charge in [0.2, 0.25) is 5.91 Å². The SMILES string of the molecule is CC(=O)N1c2ccc(N3CCOCC3)cc2C(Nc2cccnc2)C(C)C1C. The lowest BCUT2D eigenvalue weighted by Crippen LogP contribution is -2.48. The van der Waals surface area contributed by atoms with Gasteiger partial charge in [-0.2, -0.15) is 0 Å². The normalized spacial score (nSPS) is 24.6. The van der Waals surface area contributed by atoms with E-state index < -0.39 is 0 Å². The number of morpholine rings is 1. The topological polar surface area (TPSA) is 57.7 Å². The minimum absolute atomic E-state index is 0.0829. The van der Waals surface area contributed by atoms with Gasteiger partial charge in [-0.1, -0.05) is 6.92 Å². The molecule has 1 saturated heterocycles. The first-order valence-electron chi connectivity index (χ1n) is 9.99. The monoisotopic (exact) mass is 380 g/mol. The van der Waals surface area contributed by atoms with Gasteiger partial charge in [0.1, 0.15) is 0 Å². The fourth-order valence-corrected chi connectivity index (χ4v) is 4.34. The van der Waals surface area contributed by atoms with Crippen molar-refractivity contribution in [2.75, 3.05) is 41.4 Å². The van der Waals surface area contributed by atoms with E-state index in [1.54, 1.807) is 13.1 Å². The van der Waals surface area contributed by atoms with Crippen LogP contribution in [0.25, 0.3) is 0 Å². The van der Waals surface area contributed by atoms with Gasteiger partial charge in [0.15, 0.2) is 0 Å². The van der Waals surface area contributed by atoms with Crippen molar-refractivity contribution in [2.45, 2.75) is 32.9 Å². The van der Waals surface area contributed by atoms with E-state index in [-0.39, 0.29) is 23.9 Å². The summed E-state index contributed by atoms with van der Waals surface area (Å²) in [6.45, 7) is 9.27. The molecule has 0 saturated carbocycles. The number of anilines is 3. The summed E-state index contributed by atoms with van der Waals surface area (Å²) >= 11 is 0. The zero-order chi connectivity index (χ0) is 19.7. The Balaban J connectivity index is 1.76. The molecule has 6 heteroatoms. The van der Waals surface area contributed by atoms with Crippen molar-refractivity contribution in [3.05, 3.63) is 48.3 Å². The van der Waals surface area contributed by atoms with Gasteiger partial charge in [0.05, 0.1) is 24.9 Å². The van der Waals surface area contributed by atoms with Gasteiger partial charge in [-0.15, -0.1) is 0 Å². The predicted octanol–water partition coefficient (Wildman–Crippen LogP) is 3.46. The van der Waals surface area contributed by atoms with Gasteiger partial charge in [0.25, 0.3) is 0 Å². The predicted molar refractivity (Wildman–Crippen MR) is 112 cm³/mol. The van der Waals surface area contributed by atoms with Crippen molar-refractivity contribution >= 4 is 23.0 Å². The molecule has 148 valence electrons. The molecule has 3 atom stereocenters. The molecule has 0 spiro atoms. The Morgan fingerprint density at radius 2 is 2.00 bits per heavy atom. The van der Waals surface area contributed by atoms with Crippen molar-refractivity contribution in [1.29, 1.82) is 0 Å². The van der Waals surface area contributed by atoms with Crippen molar-refractivity contribution in [3.63, 3.8) is 0 Å². The second-order valence-corrected chi connectivity index (χ2v) is 7.69. The number of aromatic nitrogens is 1. The molecule has 1 aromatic carbocycles. The van der Waals surface area contributed by atoms with Crippen LogP contribution in [0.4, 0.5) is 17.1 Å². The highest BCUT2D eigenvalue weighted by Gasteiger charge is 2.38. The van der Waals surface area contributed by atoms with Crippen LogP contribution >= 0.6 is 0 Å².